The summed E-state index contributed by atoms with van der Waals surface area (Å²) >= 11 is 0. The largest absolute Gasteiger partial charge is 0.513 e. The van der Waals surface area contributed by atoms with Gasteiger partial charge >= 0.3 is 24.2 Å². The molecule has 238 valence electrons. The summed E-state index contributed by atoms with van der Waals surface area (Å²) in [5.41, 5.74) is 6.50. The van der Waals surface area contributed by atoms with Crippen molar-refractivity contribution in [2.45, 2.75) is 99.1 Å². The lowest BCUT2D eigenvalue weighted by Gasteiger charge is -2.32. The average molecular weight is 596 g/mol. The molecular weight excluding hydrogens is 546 g/mol. The van der Waals surface area contributed by atoms with E-state index in [-0.39, 0.29) is 36.6 Å². The molecule has 11 nitrogen and oxygen atoms in total. The highest BCUT2D eigenvalue weighted by Gasteiger charge is 2.36. The predicted octanol–water partition coefficient (Wildman–Crippen LogP) is 6.31. The molecule has 1 aromatic carbocycles. The number of hydrogen-bond donors (Lipinski definition) is 2. The van der Waals surface area contributed by atoms with Crippen LogP contribution in [0.15, 0.2) is 18.2 Å². The van der Waals surface area contributed by atoms with Crippen molar-refractivity contribution in [3.05, 3.63) is 23.8 Å². The van der Waals surface area contributed by atoms with E-state index in [9.17, 15) is 24.3 Å². The molecule has 0 spiro atoms. The molecule has 42 heavy (non-hydrogen) atoms. The molecule has 11 heteroatoms. The number of carbonyl (C=O) groups excluding carboxylic acids is 3. The molecule has 0 aliphatic heterocycles. The molecule has 0 saturated carbocycles. The van der Waals surface area contributed by atoms with Crippen LogP contribution < -0.4 is 15.2 Å². The molecule has 1 rings (SSSR count). The maximum atomic E-state index is 12.6. The highest BCUT2D eigenvalue weighted by atomic mass is 16.7. The zero-order valence-electron chi connectivity index (χ0n) is 26.2. The van der Waals surface area contributed by atoms with Crippen molar-refractivity contribution in [2.24, 2.45) is 29.4 Å². The number of carboxylic acids is 1. The maximum absolute atomic E-state index is 12.6. The van der Waals surface area contributed by atoms with E-state index in [4.69, 9.17) is 29.4 Å². The van der Waals surface area contributed by atoms with Crippen LogP contribution in [0.25, 0.3) is 0 Å². The third-order valence-corrected chi connectivity index (χ3v) is 6.97. The predicted molar refractivity (Wildman–Crippen MR) is 156 cm³/mol. The maximum Gasteiger partial charge on any atom is 0.513 e. The van der Waals surface area contributed by atoms with E-state index in [2.05, 4.69) is 0 Å². The standard InChI is InChI=1S/C31H49NO10/c1-9-10-20(6)29(35)40-22(8)21(7)26(27(32)28(33)34)23-11-12-24(41-30(36)38-15-13-18(2)3)25(17-23)42-31(37)39-16-14-19(4)5/h11-12,17-22,26-27H,9-10,13-16,32H2,1-8H3,(H,33,34)/t20?,21?,22?,26?,27-/m0/s1. The Morgan fingerprint density at radius 2 is 1.33 bits per heavy atom. The molecule has 5 atom stereocenters. The van der Waals surface area contributed by atoms with Gasteiger partial charge in [0.25, 0.3) is 0 Å². The number of carbonyl (C=O) groups is 4. The molecule has 0 radical (unpaired) electrons. The number of hydrogen-bond acceptors (Lipinski definition) is 10. The molecular formula is C31H49NO10. The van der Waals surface area contributed by atoms with Gasteiger partial charge in [0.05, 0.1) is 19.1 Å². The Hall–Kier alpha value is -3.34. The van der Waals surface area contributed by atoms with Crippen LogP contribution in [0.2, 0.25) is 0 Å². The normalized spacial score (nSPS) is 14.8. The van der Waals surface area contributed by atoms with Gasteiger partial charge in [0.2, 0.25) is 0 Å². The lowest BCUT2D eigenvalue weighted by atomic mass is 9.79. The van der Waals surface area contributed by atoms with Crippen LogP contribution in [-0.4, -0.2) is 54.7 Å². The van der Waals surface area contributed by atoms with Crippen molar-refractivity contribution >= 4 is 24.2 Å². The number of rotatable bonds is 17. The highest BCUT2D eigenvalue weighted by Crippen LogP contribution is 2.37. The van der Waals surface area contributed by atoms with E-state index in [0.29, 0.717) is 36.7 Å². The minimum absolute atomic E-state index is 0.118. The van der Waals surface area contributed by atoms with Crippen LogP contribution in [0.5, 0.6) is 11.5 Å². The van der Waals surface area contributed by atoms with E-state index >= 15 is 0 Å². The minimum atomic E-state index is -1.40. The van der Waals surface area contributed by atoms with Gasteiger partial charge in [-0.3, -0.25) is 9.59 Å². The van der Waals surface area contributed by atoms with Crippen LogP contribution in [-0.2, 0) is 23.8 Å². The van der Waals surface area contributed by atoms with E-state index in [1.54, 1.807) is 20.8 Å². The van der Waals surface area contributed by atoms with Gasteiger partial charge in [-0.05, 0) is 55.7 Å². The zero-order chi connectivity index (χ0) is 32.0. The molecule has 0 aromatic heterocycles. The first-order valence-corrected chi connectivity index (χ1v) is 14.7. The number of aliphatic carboxylic acids is 1. The highest BCUT2D eigenvalue weighted by molar-refractivity contribution is 5.75. The Morgan fingerprint density at radius 3 is 1.81 bits per heavy atom. The molecule has 0 bridgehead atoms. The average Bonchev–Trinajstić information content (AvgIpc) is 2.89. The topological polar surface area (TPSA) is 161 Å². The zero-order valence-corrected chi connectivity index (χ0v) is 26.2. The van der Waals surface area contributed by atoms with Crippen molar-refractivity contribution < 1.29 is 48.0 Å². The first-order chi connectivity index (χ1) is 19.7. The van der Waals surface area contributed by atoms with Crippen LogP contribution in [0.3, 0.4) is 0 Å². The fraction of sp³-hybridized carbons (Fsp3) is 0.677. The summed E-state index contributed by atoms with van der Waals surface area (Å²) < 4.78 is 26.7. The number of ether oxygens (including phenoxy) is 5. The second-order valence-electron chi connectivity index (χ2n) is 11.6. The Labute approximate surface area is 249 Å². The molecule has 0 aliphatic rings. The Balaban J connectivity index is 3.37. The van der Waals surface area contributed by atoms with Crippen LogP contribution in [0.1, 0.15) is 92.6 Å². The molecule has 0 heterocycles. The van der Waals surface area contributed by atoms with Crippen molar-refractivity contribution in [3.63, 3.8) is 0 Å². The summed E-state index contributed by atoms with van der Waals surface area (Å²) in [6.07, 6.45) is 0.0143. The smallest absolute Gasteiger partial charge is 0.480 e. The summed E-state index contributed by atoms with van der Waals surface area (Å²) in [6.45, 7) is 15.3. The summed E-state index contributed by atoms with van der Waals surface area (Å²) in [6, 6.07) is 2.86. The first-order valence-electron chi connectivity index (χ1n) is 14.7. The number of nitrogens with two attached hydrogens (primary N) is 1. The van der Waals surface area contributed by atoms with Crippen molar-refractivity contribution in [2.75, 3.05) is 13.2 Å². The Morgan fingerprint density at radius 1 is 0.810 bits per heavy atom. The van der Waals surface area contributed by atoms with Gasteiger partial charge in [0.1, 0.15) is 12.1 Å². The van der Waals surface area contributed by atoms with Gasteiger partial charge in [-0.25, -0.2) is 9.59 Å². The molecule has 0 amide bonds. The summed E-state index contributed by atoms with van der Waals surface area (Å²) in [5.74, 6) is -3.11. The molecule has 0 saturated heterocycles. The van der Waals surface area contributed by atoms with Gasteiger partial charge in [0, 0.05) is 11.8 Å². The summed E-state index contributed by atoms with van der Waals surface area (Å²) in [5, 5.41) is 9.81. The van der Waals surface area contributed by atoms with Crippen molar-refractivity contribution in [1.82, 2.24) is 0 Å². The van der Waals surface area contributed by atoms with Gasteiger partial charge in [-0.1, -0.05) is 61.0 Å². The Bertz CT molecular complexity index is 1020. The van der Waals surface area contributed by atoms with Gasteiger partial charge < -0.3 is 34.5 Å². The molecule has 1 aromatic rings. The van der Waals surface area contributed by atoms with Crippen LogP contribution in [0.4, 0.5) is 9.59 Å². The minimum Gasteiger partial charge on any atom is -0.480 e. The summed E-state index contributed by atoms with van der Waals surface area (Å²) in [4.78, 5) is 49.4. The second-order valence-corrected chi connectivity index (χ2v) is 11.6. The number of carboxylic acid groups (broad SMARTS) is 1. The third-order valence-electron chi connectivity index (χ3n) is 6.97. The quantitative estimate of drug-likeness (QED) is 0.118. The third kappa shape index (κ3) is 12.7. The van der Waals surface area contributed by atoms with E-state index in [1.807, 2.05) is 34.6 Å². The fourth-order valence-corrected chi connectivity index (χ4v) is 4.13. The van der Waals surface area contributed by atoms with Crippen molar-refractivity contribution in [3.8, 4) is 11.5 Å². The fourth-order valence-electron chi connectivity index (χ4n) is 4.13. The van der Waals surface area contributed by atoms with Crippen molar-refractivity contribution in [1.29, 1.82) is 0 Å². The molecule has 0 fully saturated rings. The monoisotopic (exact) mass is 595 g/mol. The van der Waals surface area contributed by atoms with Gasteiger partial charge in [0.15, 0.2) is 11.5 Å². The number of benzene rings is 1. The lowest BCUT2D eigenvalue weighted by molar-refractivity contribution is -0.155. The molecule has 0 aliphatic carbocycles. The SMILES string of the molecule is CCCC(C)C(=O)OC(C)C(C)C(c1ccc(OC(=O)OCCC(C)C)c(OC(=O)OCCC(C)C)c1)[C@H](N)C(=O)O. The molecule has 4 unspecified atom stereocenters. The van der Waals surface area contributed by atoms with Crippen LogP contribution in [0, 0.1) is 23.7 Å². The van der Waals surface area contributed by atoms with Gasteiger partial charge in [-0.15, -0.1) is 0 Å². The van der Waals surface area contributed by atoms with E-state index < -0.39 is 42.3 Å². The van der Waals surface area contributed by atoms with E-state index in [0.717, 1.165) is 6.42 Å². The van der Waals surface area contributed by atoms with E-state index in [1.165, 1.54) is 18.2 Å². The summed E-state index contributed by atoms with van der Waals surface area (Å²) in [7, 11) is 0. The molecule has 3 N–H and O–H groups in total. The Kier molecular flexibility index (Phi) is 15.9. The van der Waals surface area contributed by atoms with Crippen LogP contribution >= 0.6 is 0 Å². The first kappa shape index (κ1) is 36.7. The second kappa shape index (κ2) is 18.3. The number of esters is 1. The van der Waals surface area contributed by atoms with Gasteiger partial charge in [-0.2, -0.15) is 0 Å². The lowest BCUT2D eigenvalue weighted by Crippen LogP contribution is -2.43.